The summed E-state index contributed by atoms with van der Waals surface area (Å²) in [4.78, 5) is 17.4. The predicted molar refractivity (Wildman–Crippen MR) is 129 cm³/mol. The summed E-state index contributed by atoms with van der Waals surface area (Å²) in [7, 11) is 0. The Morgan fingerprint density at radius 2 is 1.64 bits per heavy atom. The zero-order chi connectivity index (χ0) is 26.2. The largest absolute Gasteiger partial charge is 0.390 e. The smallest absolute Gasteiger partial charge is 0.385 e. The van der Waals surface area contributed by atoms with Gasteiger partial charge in [-0.1, -0.05) is 34.8 Å². The van der Waals surface area contributed by atoms with E-state index in [1.165, 1.54) is 17.7 Å². The second-order valence-electron chi connectivity index (χ2n) is 7.89. The number of halogens is 6. The maximum absolute atomic E-state index is 13.1. The van der Waals surface area contributed by atoms with E-state index in [1.807, 2.05) is 0 Å². The second-order valence-corrected chi connectivity index (χ2v) is 9.20. The topological polar surface area (TPSA) is 90.8 Å². The highest BCUT2D eigenvalue weighted by molar-refractivity contribution is 6.34. The number of aliphatic hydroxyl groups is 1. The standard InChI is InChI=1S/C22H18Cl3F3N6O2/c1-12(35)19-29-18(30-34(19)17-9-15(24)8-16(25)10-17)11-33-21(36)32(7-6-22(26,27)28)20(31-33)13-2-4-14(23)5-3-13/h2-5,8-10,12,35H,6-7,11H2,1H3. The zero-order valence-corrected chi connectivity index (χ0v) is 20.8. The summed E-state index contributed by atoms with van der Waals surface area (Å²) >= 11 is 18.1. The van der Waals surface area contributed by atoms with Crippen molar-refractivity contribution < 1.29 is 18.3 Å². The van der Waals surface area contributed by atoms with Gasteiger partial charge in [0.2, 0.25) is 0 Å². The van der Waals surface area contributed by atoms with Crippen LogP contribution in [0.15, 0.2) is 47.3 Å². The van der Waals surface area contributed by atoms with Crippen LogP contribution >= 0.6 is 34.8 Å². The molecule has 0 aliphatic carbocycles. The summed E-state index contributed by atoms with van der Waals surface area (Å²) < 4.78 is 42.0. The fraction of sp³-hybridized carbons (Fsp3) is 0.273. The molecule has 0 saturated carbocycles. The van der Waals surface area contributed by atoms with Gasteiger partial charge in [0.25, 0.3) is 0 Å². The zero-order valence-electron chi connectivity index (χ0n) is 18.5. The van der Waals surface area contributed by atoms with Crippen molar-refractivity contribution >= 4 is 34.8 Å². The summed E-state index contributed by atoms with van der Waals surface area (Å²) in [6, 6.07) is 10.9. The molecule has 36 heavy (non-hydrogen) atoms. The lowest BCUT2D eigenvalue weighted by atomic mass is 10.2. The number of alkyl halides is 3. The fourth-order valence-corrected chi connectivity index (χ4v) is 4.13. The van der Waals surface area contributed by atoms with E-state index in [0.717, 1.165) is 9.25 Å². The molecule has 1 unspecified atom stereocenters. The molecule has 0 amide bonds. The van der Waals surface area contributed by atoms with Crippen LogP contribution in [0.3, 0.4) is 0 Å². The van der Waals surface area contributed by atoms with Gasteiger partial charge in [-0.15, -0.1) is 10.2 Å². The Morgan fingerprint density at radius 1 is 1.00 bits per heavy atom. The van der Waals surface area contributed by atoms with E-state index in [-0.39, 0.29) is 24.0 Å². The molecule has 0 bridgehead atoms. The predicted octanol–water partition coefficient (Wildman–Crippen LogP) is 5.31. The van der Waals surface area contributed by atoms with Gasteiger partial charge >= 0.3 is 11.9 Å². The molecule has 0 aliphatic heterocycles. The first-order valence-electron chi connectivity index (χ1n) is 10.5. The number of hydrogen-bond donors (Lipinski definition) is 1. The molecule has 4 aromatic rings. The lowest BCUT2D eigenvalue weighted by Crippen LogP contribution is -2.27. The number of aliphatic hydroxyl groups excluding tert-OH is 1. The van der Waals surface area contributed by atoms with Gasteiger partial charge in [0.05, 0.1) is 12.1 Å². The minimum absolute atomic E-state index is 0.0396. The summed E-state index contributed by atoms with van der Waals surface area (Å²) in [5, 5.41) is 19.9. The van der Waals surface area contributed by atoms with E-state index < -0.39 is 30.9 Å². The highest BCUT2D eigenvalue weighted by Crippen LogP contribution is 2.25. The lowest BCUT2D eigenvalue weighted by Gasteiger charge is -2.08. The minimum Gasteiger partial charge on any atom is -0.385 e. The first-order chi connectivity index (χ1) is 16.9. The van der Waals surface area contributed by atoms with Crippen LogP contribution < -0.4 is 5.69 Å². The van der Waals surface area contributed by atoms with Crippen molar-refractivity contribution in [2.24, 2.45) is 0 Å². The molecule has 0 fully saturated rings. The molecule has 14 heteroatoms. The van der Waals surface area contributed by atoms with Gasteiger partial charge in [0, 0.05) is 27.2 Å². The normalized spacial score (nSPS) is 12.8. The SMILES string of the molecule is CC(O)c1nc(Cn2nc(-c3ccc(Cl)cc3)n(CCC(F)(F)F)c2=O)nn1-c1cc(Cl)cc(Cl)c1. The number of rotatable bonds is 7. The van der Waals surface area contributed by atoms with Gasteiger partial charge in [-0.05, 0) is 49.4 Å². The van der Waals surface area contributed by atoms with Gasteiger partial charge in [0.1, 0.15) is 12.6 Å². The second kappa shape index (κ2) is 10.3. The monoisotopic (exact) mass is 560 g/mol. The van der Waals surface area contributed by atoms with Crippen LogP contribution in [0.4, 0.5) is 13.2 Å². The summed E-state index contributed by atoms with van der Waals surface area (Å²) in [5.74, 6) is 0.274. The highest BCUT2D eigenvalue weighted by atomic mass is 35.5. The fourth-order valence-electron chi connectivity index (χ4n) is 3.49. The Bertz CT molecular complexity index is 1420. The maximum atomic E-state index is 13.1. The Kier molecular flexibility index (Phi) is 7.46. The minimum atomic E-state index is -4.47. The van der Waals surface area contributed by atoms with Crippen LogP contribution in [0.5, 0.6) is 0 Å². The van der Waals surface area contributed by atoms with Crippen molar-refractivity contribution in [1.82, 2.24) is 29.1 Å². The molecular formula is C22H18Cl3F3N6O2. The number of benzene rings is 2. The number of nitrogens with zero attached hydrogens (tertiary/aromatic N) is 6. The molecule has 1 N–H and O–H groups in total. The van der Waals surface area contributed by atoms with Gasteiger partial charge in [-0.25, -0.2) is 19.1 Å². The molecule has 2 heterocycles. The third-order valence-electron chi connectivity index (χ3n) is 5.08. The quantitative estimate of drug-likeness (QED) is 0.330. The third-order valence-corrected chi connectivity index (χ3v) is 5.77. The summed E-state index contributed by atoms with van der Waals surface area (Å²) in [6.07, 6.45) is -6.73. The van der Waals surface area contributed by atoms with Gasteiger partial charge in [0.15, 0.2) is 17.5 Å². The van der Waals surface area contributed by atoms with Crippen molar-refractivity contribution in [2.45, 2.75) is 38.7 Å². The molecule has 0 saturated heterocycles. The van der Waals surface area contributed by atoms with Crippen molar-refractivity contribution in [2.75, 3.05) is 0 Å². The number of hydrogen-bond acceptors (Lipinski definition) is 5. The van der Waals surface area contributed by atoms with E-state index in [0.29, 0.717) is 26.3 Å². The van der Waals surface area contributed by atoms with Gasteiger partial charge < -0.3 is 5.11 Å². The van der Waals surface area contributed by atoms with Crippen molar-refractivity contribution in [3.05, 3.63) is 79.7 Å². The lowest BCUT2D eigenvalue weighted by molar-refractivity contribution is -0.136. The molecule has 4 rings (SSSR count). The first-order valence-corrected chi connectivity index (χ1v) is 11.7. The molecule has 1 atom stereocenters. The van der Waals surface area contributed by atoms with E-state index in [9.17, 15) is 23.1 Å². The third kappa shape index (κ3) is 5.92. The van der Waals surface area contributed by atoms with Crippen LogP contribution in [0.1, 0.15) is 31.1 Å². The van der Waals surface area contributed by atoms with Crippen LogP contribution in [-0.4, -0.2) is 40.4 Å². The first kappa shape index (κ1) is 26.2. The van der Waals surface area contributed by atoms with Gasteiger partial charge in [-0.3, -0.25) is 4.57 Å². The average Bonchev–Trinajstić information content (AvgIpc) is 3.34. The molecule has 0 spiro atoms. The Balaban J connectivity index is 1.75. The van der Waals surface area contributed by atoms with E-state index in [2.05, 4.69) is 15.2 Å². The van der Waals surface area contributed by atoms with Crippen molar-refractivity contribution in [1.29, 1.82) is 0 Å². The Hall–Kier alpha value is -2.86. The number of aromatic nitrogens is 6. The Morgan fingerprint density at radius 3 is 2.22 bits per heavy atom. The molecule has 190 valence electrons. The molecule has 8 nitrogen and oxygen atoms in total. The molecule has 0 aliphatic rings. The highest BCUT2D eigenvalue weighted by Gasteiger charge is 2.29. The molecular weight excluding hydrogens is 544 g/mol. The van der Waals surface area contributed by atoms with Crippen molar-refractivity contribution in [3.63, 3.8) is 0 Å². The molecule has 2 aromatic heterocycles. The average molecular weight is 562 g/mol. The van der Waals surface area contributed by atoms with Crippen LogP contribution in [0, 0.1) is 0 Å². The molecule has 0 radical (unpaired) electrons. The van der Waals surface area contributed by atoms with E-state index >= 15 is 0 Å². The van der Waals surface area contributed by atoms with E-state index in [4.69, 9.17) is 34.8 Å². The molecule has 2 aromatic carbocycles. The van der Waals surface area contributed by atoms with Crippen LogP contribution in [-0.2, 0) is 13.1 Å². The Labute approximate surface area is 217 Å². The van der Waals surface area contributed by atoms with E-state index in [1.54, 1.807) is 36.4 Å². The summed E-state index contributed by atoms with van der Waals surface area (Å²) in [6.45, 7) is 0.592. The van der Waals surface area contributed by atoms with Crippen LogP contribution in [0.25, 0.3) is 17.1 Å². The van der Waals surface area contributed by atoms with Gasteiger partial charge in [-0.2, -0.15) is 13.2 Å². The van der Waals surface area contributed by atoms with Crippen LogP contribution in [0.2, 0.25) is 15.1 Å². The van der Waals surface area contributed by atoms with Crippen molar-refractivity contribution in [3.8, 4) is 17.1 Å². The maximum Gasteiger partial charge on any atom is 0.390 e. The summed E-state index contributed by atoms with van der Waals surface area (Å²) in [5.41, 5.74) is 0.0613.